The summed E-state index contributed by atoms with van der Waals surface area (Å²) in [6.45, 7) is 0. The monoisotopic (exact) mass is 524 g/mol. The van der Waals surface area contributed by atoms with Crippen LogP contribution in [0.15, 0.2) is 0 Å². The normalized spacial score (nSPS) is 8.29. The summed E-state index contributed by atoms with van der Waals surface area (Å²) in [5.41, 5.74) is -2.74. The van der Waals surface area contributed by atoms with Crippen LogP contribution < -0.4 is 154 Å². The minimum absolute atomic E-state index is 0. The molecule has 17 heavy (non-hydrogen) atoms. The van der Waals surface area contributed by atoms with Gasteiger partial charge in [0, 0.05) is 0 Å². The molecule has 0 aromatic rings. The van der Waals surface area contributed by atoms with Crippen LogP contribution in [0.2, 0.25) is 0 Å². The maximum Gasteiger partial charge on any atom is 1.00 e. The molecule has 0 unspecified atom stereocenters. The predicted octanol–water partition coefficient (Wildman–Crippen LogP) is -11.1. The molecule has 0 spiro atoms. The first-order chi connectivity index (χ1) is 5.78. The summed E-state index contributed by atoms with van der Waals surface area (Å²) >= 11 is 0. The van der Waals surface area contributed by atoms with Gasteiger partial charge in [-0.2, -0.15) is 0 Å². The summed E-state index contributed by atoms with van der Waals surface area (Å²) < 4.78 is 0. The molecule has 0 amide bonds. The average molecular weight is 524 g/mol. The van der Waals surface area contributed by atoms with E-state index in [0.717, 1.165) is 0 Å². The Kier molecular flexibility index (Phi) is 32.0. The van der Waals surface area contributed by atoms with E-state index in [1.807, 2.05) is 0 Å². The van der Waals surface area contributed by atoms with Gasteiger partial charge in [0.05, 0.1) is 12.8 Å². The van der Waals surface area contributed by atoms with Crippen LogP contribution in [-0.4, -0.2) is 70.1 Å². The maximum atomic E-state index is 10.3. The first kappa shape index (κ1) is 32.9. The summed E-state index contributed by atoms with van der Waals surface area (Å²) in [5, 5.41) is 33.8. The van der Waals surface area contributed by atoms with Crippen molar-refractivity contribution in [1.82, 2.24) is 0 Å². The van der Waals surface area contributed by atoms with Crippen molar-refractivity contribution in [3.63, 3.8) is 0 Å². The predicted molar refractivity (Wildman–Crippen MR) is 50.4 cm³/mol. The molecular formula is C6H14BiK3O7. The van der Waals surface area contributed by atoms with E-state index in [9.17, 15) is 14.4 Å². The Bertz CT molecular complexity index is 256. The maximum absolute atomic E-state index is 10.3. The van der Waals surface area contributed by atoms with E-state index in [4.69, 9.17) is 20.4 Å². The van der Waals surface area contributed by atoms with Gasteiger partial charge in [0.2, 0.25) is 0 Å². The van der Waals surface area contributed by atoms with E-state index < -0.39 is 36.4 Å². The molecule has 11 heteroatoms. The van der Waals surface area contributed by atoms with E-state index in [1.165, 1.54) is 0 Å². The van der Waals surface area contributed by atoms with Gasteiger partial charge in [-0.15, -0.1) is 0 Å². The molecule has 0 aliphatic rings. The standard InChI is InChI=1S/C6H8O7.Bi.3K.6H/c7-3(8)1-6(13,5(11)12)2-4(9)10;;;;;;;;;;/h13H,1-2H2,(H,7,8)(H,9,10)(H,11,12);;;;;;;;;;/q;;3*+1;;;;3*-1. The van der Waals surface area contributed by atoms with Gasteiger partial charge in [-0.1, -0.05) is 0 Å². The van der Waals surface area contributed by atoms with Gasteiger partial charge in [0.1, 0.15) is 0 Å². The molecule has 0 bridgehead atoms. The van der Waals surface area contributed by atoms with E-state index in [0.29, 0.717) is 0 Å². The Labute approximate surface area is 249 Å². The van der Waals surface area contributed by atoms with Gasteiger partial charge in [0.15, 0.2) is 5.60 Å². The summed E-state index contributed by atoms with van der Waals surface area (Å²) in [6, 6.07) is 0. The Morgan fingerprint density at radius 3 is 1.24 bits per heavy atom. The molecule has 0 heterocycles. The van der Waals surface area contributed by atoms with E-state index in [2.05, 4.69) is 0 Å². The largest absolute Gasteiger partial charge is 1.00 e. The quantitative estimate of drug-likeness (QED) is 0.263. The smallest absolute Gasteiger partial charge is 1.00 e. The number of carboxylic acids is 3. The van der Waals surface area contributed by atoms with E-state index >= 15 is 0 Å². The number of aliphatic carboxylic acids is 3. The van der Waals surface area contributed by atoms with Crippen molar-refractivity contribution < 1.29 is 193 Å². The zero-order valence-corrected chi connectivity index (χ0v) is 25.0. The van der Waals surface area contributed by atoms with Crippen LogP contribution in [0.3, 0.4) is 0 Å². The fourth-order valence-electron chi connectivity index (χ4n) is 0.714. The van der Waals surface area contributed by atoms with Crippen LogP contribution in [0.25, 0.3) is 0 Å². The third-order valence-electron chi connectivity index (χ3n) is 1.29. The fraction of sp³-hybridized carbons (Fsp3) is 0.500. The van der Waals surface area contributed by atoms with Crippen molar-refractivity contribution >= 4 is 44.1 Å². The topological polar surface area (TPSA) is 132 Å². The van der Waals surface area contributed by atoms with Crippen molar-refractivity contribution in [2.24, 2.45) is 0 Å². The summed E-state index contributed by atoms with van der Waals surface area (Å²) in [6.07, 6.45) is -2.29. The molecule has 0 saturated heterocycles. The molecule has 0 aliphatic heterocycles. The molecule has 0 aliphatic carbocycles. The number of hydrogen-bond donors (Lipinski definition) is 4. The van der Waals surface area contributed by atoms with Crippen LogP contribution in [0.1, 0.15) is 17.1 Å². The van der Waals surface area contributed by atoms with Gasteiger partial charge >= 0.3 is 198 Å². The van der Waals surface area contributed by atoms with Crippen LogP contribution in [-0.2, 0) is 14.4 Å². The molecule has 88 valence electrons. The summed E-state index contributed by atoms with van der Waals surface area (Å²) in [5.74, 6) is -5.02. The summed E-state index contributed by atoms with van der Waals surface area (Å²) in [7, 11) is 0. The molecule has 0 fully saturated rings. The van der Waals surface area contributed by atoms with Gasteiger partial charge in [-0.3, -0.25) is 9.59 Å². The minimum atomic E-state index is -2.74. The van der Waals surface area contributed by atoms with E-state index in [-0.39, 0.29) is 185 Å². The van der Waals surface area contributed by atoms with Crippen LogP contribution >= 0.6 is 0 Å². The zero-order chi connectivity index (χ0) is 10.6. The fourth-order valence-corrected chi connectivity index (χ4v) is 0.714. The van der Waals surface area contributed by atoms with Crippen LogP contribution in [0.4, 0.5) is 0 Å². The Morgan fingerprint density at radius 1 is 0.882 bits per heavy atom. The van der Waals surface area contributed by atoms with Crippen molar-refractivity contribution in [2.75, 3.05) is 0 Å². The molecule has 7 nitrogen and oxygen atoms in total. The van der Waals surface area contributed by atoms with Crippen LogP contribution in [0.5, 0.6) is 0 Å². The van der Waals surface area contributed by atoms with E-state index in [1.54, 1.807) is 0 Å². The third-order valence-corrected chi connectivity index (χ3v) is 1.29. The molecule has 4 N–H and O–H groups in total. The number of aliphatic hydroxyl groups is 1. The first-order valence-corrected chi connectivity index (χ1v) is 3.17. The molecular weight excluding hydrogens is 510 g/mol. The Balaban J connectivity index is -0.0000000343. The van der Waals surface area contributed by atoms with Gasteiger partial charge in [-0.05, 0) is 0 Å². The second-order valence-corrected chi connectivity index (χ2v) is 2.48. The second kappa shape index (κ2) is 16.5. The third kappa shape index (κ3) is 16.4. The van der Waals surface area contributed by atoms with Gasteiger partial charge in [0.25, 0.3) is 0 Å². The number of carbonyl (C=O) groups is 3. The summed E-state index contributed by atoms with van der Waals surface area (Å²) in [4.78, 5) is 30.5. The molecule has 0 aromatic carbocycles. The van der Waals surface area contributed by atoms with Crippen molar-refractivity contribution in [3.8, 4) is 0 Å². The second-order valence-electron chi connectivity index (χ2n) is 2.48. The Morgan fingerprint density at radius 2 is 1.12 bits per heavy atom. The number of rotatable bonds is 5. The SMILES string of the molecule is O=C(O)CC(O)(CC(=O)O)C(=O)O.[BiH3].[H-].[H-].[H-].[K+].[K+].[K+]. The zero-order valence-electron chi connectivity index (χ0n) is 13.1. The molecule has 0 saturated carbocycles. The Hall–Kier alpha value is 4.16. The first-order valence-electron chi connectivity index (χ1n) is 3.17. The molecule has 0 radical (unpaired) electrons. The number of carboxylic acid groups (broad SMARTS) is 3. The van der Waals surface area contributed by atoms with Crippen LogP contribution in [0, 0.1) is 0 Å². The van der Waals surface area contributed by atoms with Gasteiger partial charge < -0.3 is 24.7 Å². The molecule has 0 aromatic heterocycles. The minimum Gasteiger partial charge on any atom is -1.00 e. The van der Waals surface area contributed by atoms with Crippen molar-refractivity contribution in [1.29, 1.82) is 0 Å². The molecule has 0 rings (SSSR count). The number of hydrogen-bond acceptors (Lipinski definition) is 4. The van der Waals surface area contributed by atoms with Crippen molar-refractivity contribution in [2.45, 2.75) is 18.4 Å². The average Bonchev–Trinajstić information content (AvgIpc) is 1.82. The van der Waals surface area contributed by atoms with Crippen molar-refractivity contribution in [3.05, 3.63) is 0 Å². The molecule has 0 atom stereocenters. The van der Waals surface area contributed by atoms with Gasteiger partial charge in [-0.25, -0.2) is 4.79 Å².